The summed E-state index contributed by atoms with van der Waals surface area (Å²) in [5, 5.41) is 11.3. The Bertz CT molecular complexity index is 1620. The van der Waals surface area contributed by atoms with E-state index < -0.39 is 15.7 Å². The largest absolute Gasteiger partial charge is 0.381 e. The molecule has 0 fully saturated rings. The van der Waals surface area contributed by atoms with E-state index >= 15 is 0 Å². The standard InChI is InChI=1S/C26H22FN3O2S/c1-30-24-11-10-22(28-16-20-14-21(27)9-12-25(20)33(2,31)32)15-23(24)26(29-30)19-8-7-17-5-3-4-6-18(17)13-19/h3-15,28H,16H2,1-2H3. The first kappa shape index (κ1) is 21.2. The first-order chi connectivity index (χ1) is 15.8. The second kappa shape index (κ2) is 8.01. The van der Waals surface area contributed by atoms with Crippen LogP contribution in [0.1, 0.15) is 5.56 Å². The summed E-state index contributed by atoms with van der Waals surface area (Å²) in [6, 6.07) is 24.1. The Morgan fingerprint density at radius 3 is 2.52 bits per heavy atom. The van der Waals surface area contributed by atoms with Gasteiger partial charge in [-0.25, -0.2) is 12.8 Å². The number of anilines is 1. The summed E-state index contributed by atoms with van der Waals surface area (Å²) >= 11 is 0. The maximum atomic E-state index is 13.8. The van der Waals surface area contributed by atoms with Gasteiger partial charge in [0.05, 0.1) is 10.4 Å². The van der Waals surface area contributed by atoms with E-state index in [9.17, 15) is 12.8 Å². The van der Waals surface area contributed by atoms with Gasteiger partial charge in [-0.1, -0.05) is 36.4 Å². The summed E-state index contributed by atoms with van der Waals surface area (Å²) in [5.41, 5.74) is 4.04. The van der Waals surface area contributed by atoms with Crippen molar-refractivity contribution in [3.05, 3.63) is 90.2 Å². The Balaban J connectivity index is 1.52. The second-order valence-corrected chi connectivity index (χ2v) is 10.1. The van der Waals surface area contributed by atoms with E-state index in [2.05, 4.69) is 35.6 Å². The van der Waals surface area contributed by atoms with Crippen molar-refractivity contribution in [2.45, 2.75) is 11.4 Å². The quantitative estimate of drug-likeness (QED) is 0.350. The molecule has 0 saturated heterocycles. The van der Waals surface area contributed by atoms with Gasteiger partial charge < -0.3 is 5.32 Å². The minimum atomic E-state index is -3.47. The van der Waals surface area contributed by atoms with Gasteiger partial charge in [-0.2, -0.15) is 5.10 Å². The summed E-state index contributed by atoms with van der Waals surface area (Å²) in [6.45, 7) is 0.178. The van der Waals surface area contributed by atoms with Crippen molar-refractivity contribution in [3.63, 3.8) is 0 Å². The van der Waals surface area contributed by atoms with Gasteiger partial charge >= 0.3 is 0 Å². The lowest BCUT2D eigenvalue weighted by molar-refractivity contribution is 0.598. The predicted octanol–water partition coefficient (Wildman–Crippen LogP) is 5.55. The monoisotopic (exact) mass is 459 g/mol. The molecular formula is C26H22FN3O2S. The normalized spacial score (nSPS) is 11.8. The summed E-state index contributed by atoms with van der Waals surface area (Å²) in [4.78, 5) is 0.121. The molecule has 166 valence electrons. The molecule has 0 amide bonds. The Hall–Kier alpha value is -3.71. The Morgan fingerprint density at radius 2 is 1.73 bits per heavy atom. The fourth-order valence-corrected chi connectivity index (χ4v) is 5.09. The van der Waals surface area contributed by atoms with Crippen LogP contribution in [0.3, 0.4) is 0 Å². The molecular weight excluding hydrogens is 437 g/mol. The molecule has 5 nitrogen and oxygen atoms in total. The van der Waals surface area contributed by atoms with E-state index in [1.165, 1.54) is 17.5 Å². The van der Waals surface area contributed by atoms with Crippen LogP contribution >= 0.6 is 0 Å². The number of nitrogens with zero attached hydrogens (tertiary/aromatic N) is 2. The summed E-state index contributed by atoms with van der Waals surface area (Å²) in [5.74, 6) is -0.472. The highest BCUT2D eigenvalue weighted by Gasteiger charge is 2.15. The summed E-state index contributed by atoms with van der Waals surface area (Å²) in [7, 11) is -1.56. The highest BCUT2D eigenvalue weighted by Crippen LogP contribution is 2.32. The van der Waals surface area contributed by atoms with Gasteiger partial charge in [0.15, 0.2) is 9.84 Å². The number of hydrogen-bond donors (Lipinski definition) is 1. The fourth-order valence-electron chi connectivity index (χ4n) is 4.17. The van der Waals surface area contributed by atoms with Crippen molar-refractivity contribution in [1.29, 1.82) is 0 Å². The summed E-state index contributed by atoms with van der Waals surface area (Å²) in [6.07, 6.45) is 1.13. The van der Waals surface area contributed by atoms with Gasteiger partial charge in [0.1, 0.15) is 11.5 Å². The third-order valence-electron chi connectivity index (χ3n) is 5.78. The number of halogens is 1. The molecule has 0 unspecified atom stereocenters. The number of aromatic nitrogens is 2. The van der Waals surface area contributed by atoms with Crippen LogP contribution in [0.25, 0.3) is 32.9 Å². The van der Waals surface area contributed by atoms with E-state index in [0.717, 1.165) is 45.6 Å². The van der Waals surface area contributed by atoms with Crippen molar-refractivity contribution < 1.29 is 12.8 Å². The number of benzene rings is 4. The van der Waals surface area contributed by atoms with E-state index in [0.29, 0.717) is 5.56 Å². The molecule has 5 aromatic rings. The second-order valence-electron chi connectivity index (χ2n) is 8.14. The number of fused-ring (bicyclic) bond motifs is 2. The molecule has 1 heterocycles. The van der Waals surface area contributed by atoms with E-state index in [1.807, 2.05) is 42.1 Å². The molecule has 7 heteroatoms. The maximum Gasteiger partial charge on any atom is 0.175 e. The van der Waals surface area contributed by atoms with Gasteiger partial charge in [-0.3, -0.25) is 4.68 Å². The van der Waals surface area contributed by atoms with Gasteiger partial charge in [0, 0.05) is 36.5 Å². The first-order valence-corrected chi connectivity index (χ1v) is 12.4. The molecule has 0 spiro atoms. The predicted molar refractivity (Wildman–Crippen MR) is 130 cm³/mol. The molecule has 1 aromatic heterocycles. The number of nitrogens with one attached hydrogen (secondary N) is 1. The van der Waals surface area contributed by atoms with Crippen LogP contribution in [-0.2, 0) is 23.4 Å². The molecule has 0 bridgehead atoms. The SMILES string of the molecule is Cn1nc(-c2ccc3ccccc3c2)c2cc(NCc3cc(F)ccc3S(C)(=O)=O)ccc21. The van der Waals surface area contributed by atoms with Crippen molar-refractivity contribution >= 4 is 37.2 Å². The van der Waals surface area contributed by atoms with Crippen molar-refractivity contribution in [2.75, 3.05) is 11.6 Å². The highest BCUT2D eigenvalue weighted by molar-refractivity contribution is 7.90. The van der Waals surface area contributed by atoms with Crippen LogP contribution in [0, 0.1) is 5.82 Å². The Morgan fingerprint density at radius 1 is 0.939 bits per heavy atom. The minimum Gasteiger partial charge on any atom is -0.381 e. The van der Waals surface area contributed by atoms with Gasteiger partial charge in [-0.05, 0) is 58.8 Å². The smallest absolute Gasteiger partial charge is 0.175 e. The third-order valence-corrected chi connectivity index (χ3v) is 6.98. The highest BCUT2D eigenvalue weighted by atomic mass is 32.2. The van der Waals surface area contributed by atoms with Gasteiger partial charge in [0.25, 0.3) is 0 Å². The third kappa shape index (κ3) is 4.07. The molecule has 0 aliphatic carbocycles. The van der Waals surface area contributed by atoms with Crippen molar-refractivity contribution in [2.24, 2.45) is 7.05 Å². The van der Waals surface area contributed by atoms with Gasteiger partial charge in [-0.15, -0.1) is 0 Å². The molecule has 0 atom stereocenters. The molecule has 0 radical (unpaired) electrons. The van der Waals surface area contributed by atoms with Crippen LogP contribution < -0.4 is 5.32 Å². The molecule has 33 heavy (non-hydrogen) atoms. The number of sulfone groups is 1. The van der Waals surface area contributed by atoms with Gasteiger partial charge in [0.2, 0.25) is 0 Å². The molecule has 4 aromatic carbocycles. The zero-order valence-electron chi connectivity index (χ0n) is 18.2. The van der Waals surface area contributed by atoms with Crippen LogP contribution in [0.2, 0.25) is 0 Å². The van der Waals surface area contributed by atoms with E-state index in [1.54, 1.807) is 0 Å². The van der Waals surface area contributed by atoms with E-state index in [4.69, 9.17) is 5.10 Å². The Labute approximate surface area is 191 Å². The van der Waals surface area contributed by atoms with E-state index in [-0.39, 0.29) is 11.4 Å². The summed E-state index contributed by atoms with van der Waals surface area (Å²) < 4.78 is 39.8. The van der Waals surface area contributed by atoms with Crippen LogP contribution in [0.15, 0.2) is 83.8 Å². The topological polar surface area (TPSA) is 64.0 Å². The van der Waals surface area contributed by atoms with Crippen LogP contribution in [0.5, 0.6) is 0 Å². The molecule has 0 saturated carbocycles. The molecule has 0 aliphatic heterocycles. The average molecular weight is 460 g/mol. The van der Waals surface area contributed by atoms with Crippen LogP contribution in [0.4, 0.5) is 10.1 Å². The number of aryl methyl sites for hydroxylation is 1. The van der Waals surface area contributed by atoms with Crippen molar-refractivity contribution in [3.8, 4) is 11.3 Å². The molecule has 5 rings (SSSR count). The number of rotatable bonds is 5. The van der Waals surface area contributed by atoms with Crippen LogP contribution in [-0.4, -0.2) is 24.5 Å². The average Bonchev–Trinajstić information content (AvgIpc) is 3.12. The first-order valence-electron chi connectivity index (χ1n) is 10.5. The van der Waals surface area contributed by atoms with Crippen molar-refractivity contribution in [1.82, 2.24) is 9.78 Å². The zero-order valence-corrected chi connectivity index (χ0v) is 19.0. The number of hydrogen-bond acceptors (Lipinski definition) is 4. The Kier molecular flexibility index (Phi) is 5.13. The lowest BCUT2D eigenvalue weighted by Gasteiger charge is -2.11. The minimum absolute atomic E-state index is 0.121. The molecule has 1 N–H and O–H groups in total. The fraction of sp³-hybridized carbons (Fsp3) is 0.115. The lowest BCUT2D eigenvalue weighted by Crippen LogP contribution is -2.07. The maximum absolute atomic E-state index is 13.8. The lowest BCUT2D eigenvalue weighted by atomic mass is 10.0. The molecule has 0 aliphatic rings. The zero-order chi connectivity index (χ0) is 23.2.